The second-order valence-electron chi connectivity index (χ2n) is 4.42. The number of aryl methyl sites for hydroxylation is 1. The lowest BCUT2D eigenvalue weighted by Gasteiger charge is -2.09. The Morgan fingerprint density at radius 3 is 2.71 bits per heavy atom. The number of nitriles is 1. The highest BCUT2D eigenvalue weighted by atomic mass is 16.2. The maximum atomic E-state index is 8.73. The zero-order valence-electron chi connectivity index (χ0n) is 10.6. The lowest BCUT2D eigenvalue weighted by molar-refractivity contribution is 0.281. The predicted molar refractivity (Wildman–Crippen MR) is 64.4 cm³/mol. The van der Waals surface area contributed by atoms with Crippen LogP contribution in [0.4, 0.5) is 0 Å². The average molecular weight is 236 g/mol. The topological polar surface area (TPSA) is 74.7 Å². The first-order chi connectivity index (χ1) is 8.20. The van der Waals surface area contributed by atoms with Crippen molar-refractivity contribution in [2.45, 2.75) is 52.0 Å². The van der Waals surface area contributed by atoms with Gasteiger partial charge in [-0.1, -0.05) is 19.1 Å². The van der Waals surface area contributed by atoms with Gasteiger partial charge in [-0.15, -0.1) is 5.10 Å². The van der Waals surface area contributed by atoms with E-state index >= 15 is 0 Å². The molecule has 1 rings (SSSR count). The van der Waals surface area contributed by atoms with Gasteiger partial charge < -0.3 is 5.11 Å². The lowest BCUT2D eigenvalue weighted by atomic mass is 10.1. The number of unbranched alkanes of at least 4 members (excludes halogenated alkanes) is 2. The molecule has 5 nitrogen and oxygen atoms in total. The minimum Gasteiger partial charge on any atom is -0.396 e. The quantitative estimate of drug-likeness (QED) is 0.730. The van der Waals surface area contributed by atoms with E-state index in [2.05, 4.69) is 30.2 Å². The molecule has 0 aliphatic heterocycles. The fourth-order valence-corrected chi connectivity index (χ4v) is 1.90. The van der Waals surface area contributed by atoms with Crippen molar-refractivity contribution in [3.63, 3.8) is 0 Å². The highest BCUT2D eigenvalue weighted by Gasteiger charge is 2.15. The summed E-state index contributed by atoms with van der Waals surface area (Å²) in [7, 11) is 0. The van der Waals surface area contributed by atoms with Crippen molar-refractivity contribution in [2.24, 2.45) is 0 Å². The fraction of sp³-hybridized carbons (Fsp3) is 0.750. The van der Waals surface area contributed by atoms with Crippen LogP contribution < -0.4 is 0 Å². The molecule has 1 N–H and O–H groups in total. The molecule has 1 heterocycles. The van der Waals surface area contributed by atoms with Crippen molar-refractivity contribution >= 4 is 0 Å². The summed E-state index contributed by atoms with van der Waals surface area (Å²) in [5, 5.41) is 25.6. The number of hydrogen-bond donors (Lipinski definition) is 1. The summed E-state index contributed by atoms with van der Waals surface area (Å²) in [6, 6.07) is 2.12. The molecular formula is C12H20N4O. The molecule has 0 saturated heterocycles. The van der Waals surface area contributed by atoms with Gasteiger partial charge in [0, 0.05) is 13.2 Å². The number of aromatic nitrogens is 3. The first-order valence-corrected chi connectivity index (χ1v) is 6.10. The summed E-state index contributed by atoms with van der Waals surface area (Å²) in [5.74, 6) is 0.325. The molecule has 0 saturated carbocycles. The van der Waals surface area contributed by atoms with Crippen LogP contribution >= 0.6 is 0 Å². The largest absolute Gasteiger partial charge is 0.396 e. The molecule has 0 aliphatic carbocycles. The minimum atomic E-state index is 0.244. The fourth-order valence-electron chi connectivity index (χ4n) is 1.90. The van der Waals surface area contributed by atoms with Crippen molar-refractivity contribution in [3.8, 4) is 6.07 Å². The van der Waals surface area contributed by atoms with Crippen LogP contribution in [0.25, 0.3) is 0 Å². The molecule has 17 heavy (non-hydrogen) atoms. The van der Waals surface area contributed by atoms with Gasteiger partial charge >= 0.3 is 0 Å². The minimum absolute atomic E-state index is 0.244. The van der Waals surface area contributed by atoms with Gasteiger partial charge in [-0.2, -0.15) is 5.26 Å². The highest BCUT2D eigenvalue weighted by molar-refractivity contribution is 5.17. The van der Waals surface area contributed by atoms with Crippen LogP contribution in [0.5, 0.6) is 0 Å². The van der Waals surface area contributed by atoms with Gasteiger partial charge in [-0.05, 0) is 25.2 Å². The van der Waals surface area contributed by atoms with E-state index in [0.717, 1.165) is 37.2 Å². The molecule has 1 aromatic heterocycles. The molecule has 0 bridgehead atoms. The molecule has 0 unspecified atom stereocenters. The molecule has 0 fully saturated rings. The Morgan fingerprint density at radius 2 is 2.12 bits per heavy atom. The van der Waals surface area contributed by atoms with E-state index in [9.17, 15) is 0 Å². The summed E-state index contributed by atoms with van der Waals surface area (Å²) in [5.41, 5.74) is 1.86. The van der Waals surface area contributed by atoms with E-state index in [-0.39, 0.29) is 6.61 Å². The van der Waals surface area contributed by atoms with Gasteiger partial charge in [0.15, 0.2) is 0 Å². The Hall–Kier alpha value is -1.41. The smallest absolute Gasteiger partial charge is 0.100 e. The number of aliphatic hydroxyl groups excluding tert-OH is 1. The highest BCUT2D eigenvalue weighted by Crippen LogP contribution is 2.18. The van der Waals surface area contributed by atoms with Gasteiger partial charge in [0.05, 0.1) is 18.2 Å². The van der Waals surface area contributed by atoms with Crippen LogP contribution in [0.1, 0.15) is 50.4 Å². The van der Waals surface area contributed by atoms with Crippen LogP contribution in [0, 0.1) is 11.3 Å². The summed E-state index contributed by atoms with van der Waals surface area (Å²) >= 11 is 0. The van der Waals surface area contributed by atoms with Crippen LogP contribution in [0.15, 0.2) is 0 Å². The van der Waals surface area contributed by atoms with E-state index in [1.807, 2.05) is 4.68 Å². The monoisotopic (exact) mass is 236 g/mol. The maximum Gasteiger partial charge on any atom is 0.100 e. The molecule has 0 spiro atoms. The van der Waals surface area contributed by atoms with Gasteiger partial charge in [0.1, 0.15) is 5.69 Å². The van der Waals surface area contributed by atoms with Crippen LogP contribution in [0.2, 0.25) is 0 Å². The third-order valence-corrected chi connectivity index (χ3v) is 2.67. The first-order valence-electron chi connectivity index (χ1n) is 6.10. The second kappa shape index (κ2) is 7.02. The summed E-state index contributed by atoms with van der Waals surface area (Å²) in [6.45, 7) is 5.23. The first kappa shape index (κ1) is 13.7. The number of hydrogen-bond acceptors (Lipinski definition) is 4. The third-order valence-electron chi connectivity index (χ3n) is 2.67. The Kier molecular flexibility index (Phi) is 5.64. The van der Waals surface area contributed by atoms with Gasteiger partial charge in [-0.25, -0.2) is 4.68 Å². The zero-order chi connectivity index (χ0) is 12.7. The van der Waals surface area contributed by atoms with Crippen molar-refractivity contribution in [1.82, 2.24) is 15.0 Å². The van der Waals surface area contributed by atoms with Crippen molar-refractivity contribution in [3.05, 3.63) is 11.4 Å². The van der Waals surface area contributed by atoms with Crippen molar-refractivity contribution < 1.29 is 5.11 Å². The van der Waals surface area contributed by atoms with E-state index in [0.29, 0.717) is 12.3 Å². The van der Waals surface area contributed by atoms with Crippen LogP contribution in [-0.2, 0) is 13.0 Å². The van der Waals surface area contributed by atoms with Crippen LogP contribution in [0.3, 0.4) is 0 Å². The molecular weight excluding hydrogens is 216 g/mol. The molecule has 0 aliphatic rings. The lowest BCUT2D eigenvalue weighted by Crippen LogP contribution is -2.08. The summed E-state index contributed by atoms with van der Waals surface area (Å²) in [6.07, 6.45) is 3.12. The van der Waals surface area contributed by atoms with Gasteiger partial charge in [-0.3, -0.25) is 0 Å². The van der Waals surface area contributed by atoms with E-state index in [1.165, 1.54) is 0 Å². The number of nitrogens with zero attached hydrogens (tertiary/aromatic N) is 4. The standard InChI is InChI=1S/C12H20N4O/c1-10(2)12-11(6-7-13)14-15-16(12)8-4-3-5-9-17/h10,17H,3-6,8-9H2,1-2H3. The van der Waals surface area contributed by atoms with E-state index < -0.39 is 0 Å². The molecule has 94 valence electrons. The SMILES string of the molecule is CC(C)c1c(CC#N)nnn1CCCCCO. The molecule has 1 aromatic rings. The zero-order valence-corrected chi connectivity index (χ0v) is 10.6. The summed E-state index contributed by atoms with van der Waals surface area (Å²) in [4.78, 5) is 0. The predicted octanol–water partition coefficient (Wildman–Crippen LogP) is 1.63. The Balaban J connectivity index is 2.68. The van der Waals surface area contributed by atoms with Gasteiger partial charge in [0.25, 0.3) is 0 Å². The van der Waals surface area contributed by atoms with Crippen molar-refractivity contribution in [2.75, 3.05) is 6.61 Å². The molecule has 0 aromatic carbocycles. The third kappa shape index (κ3) is 3.82. The second-order valence-corrected chi connectivity index (χ2v) is 4.42. The van der Waals surface area contributed by atoms with E-state index in [1.54, 1.807) is 0 Å². The summed E-state index contributed by atoms with van der Waals surface area (Å²) < 4.78 is 1.90. The number of aliphatic hydroxyl groups is 1. The van der Waals surface area contributed by atoms with Gasteiger partial charge in [0.2, 0.25) is 0 Å². The average Bonchev–Trinajstić information content (AvgIpc) is 2.68. The number of rotatable bonds is 7. The van der Waals surface area contributed by atoms with Crippen molar-refractivity contribution in [1.29, 1.82) is 5.26 Å². The Labute approximate surface area is 102 Å². The Morgan fingerprint density at radius 1 is 1.35 bits per heavy atom. The maximum absolute atomic E-state index is 8.73. The molecule has 0 amide bonds. The Bertz CT molecular complexity index is 378. The molecule has 0 radical (unpaired) electrons. The van der Waals surface area contributed by atoms with Crippen LogP contribution in [-0.4, -0.2) is 26.7 Å². The molecule has 0 atom stereocenters. The normalized spacial score (nSPS) is 10.8. The van der Waals surface area contributed by atoms with E-state index in [4.69, 9.17) is 10.4 Å². The molecule has 5 heteroatoms.